The van der Waals surface area contributed by atoms with Gasteiger partial charge in [-0.3, -0.25) is 9.48 Å². The zero-order chi connectivity index (χ0) is 17.9. The van der Waals surface area contributed by atoms with Gasteiger partial charge in [-0.25, -0.2) is 13.1 Å². The van der Waals surface area contributed by atoms with Gasteiger partial charge >= 0.3 is 0 Å². The molecule has 7 nitrogen and oxygen atoms in total. The topological polar surface area (TPSA) is 84.3 Å². The van der Waals surface area contributed by atoms with Gasteiger partial charge in [0, 0.05) is 37.1 Å². The summed E-state index contributed by atoms with van der Waals surface area (Å²) in [6, 6.07) is 8.13. The average Bonchev–Trinajstić information content (AvgIpc) is 3.26. The first kappa shape index (κ1) is 17.6. The molecule has 8 heteroatoms. The highest BCUT2D eigenvalue weighted by Gasteiger charge is 2.26. The predicted molar refractivity (Wildman–Crippen MR) is 93.6 cm³/mol. The number of benzene rings is 1. The number of carbonyl (C=O) groups is 1. The SMILES string of the molecule is C[C@H]1CCCN1C(=O)c1ccc(S(=O)(=O)NCCn2cccn2)cc1. The third-order valence-corrected chi connectivity index (χ3v) is 5.89. The molecule has 25 heavy (non-hydrogen) atoms. The third kappa shape index (κ3) is 4.08. The summed E-state index contributed by atoms with van der Waals surface area (Å²) in [6.07, 6.45) is 5.44. The van der Waals surface area contributed by atoms with Crippen molar-refractivity contribution in [3.05, 3.63) is 48.3 Å². The normalized spacial score (nSPS) is 17.8. The standard InChI is InChI=1S/C17H22N4O3S/c1-14-4-2-12-21(14)17(22)15-5-7-16(8-6-15)25(23,24)19-10-13-20-11-3-9-18-20/h3,5-9,11,14,19H,2,4,10,12-13H2,1H3/t14-/m0/s1. The number of aromatic nitrogens is 2. The number of rotatable bonds is 6. The maximum atomic E-state index is 12.5. The number of likely N-dealkylation sites (tertiary alicyclic amines) is 1. The minimum Gasteiger partial charge on any atom is -0.336 e. The van der Waals surface area contributed by atoms with Gasteiger partial charge in [-0.2, -0.15) is 5.10 Å². The first-order valence-electron chi connectivity index (χ1n) is 8.35. The fourth-order valence-corrected chi connectivity index (χ4v) is 4.01. The van der Waals surface area contributed by atoms with Crippen molar-refractivity contribution >= 4 is 15.9 Å². The molecule has 1 N–H and O–H groups in total. The number of nitrogens with zero attached hydrogens (tertiary/aromatic N) is 3. The van der Waals surface area contributed by atoms with E-state index in [1.807, 2.05) is 11.8 Å². The summed E-state index contributed by atoms with van der Waals surface area (Å²) in [5.41, 5.74) is 0.518. The summed E-state index contributed by atoms with van der Waals surface area (Å²) in [5.74, 6) is -0.0411. The molecule has 1 saturated heterocycles. The van der Waals surface area contributed by atoms with Crippen LogP contribution in [0.4, 0.5) is 0 Å². The van der Waals surface area contributed by atoms with Crippen LogP contribution in [0.15, 0.2) is 47.6 Å². The molecule has 1 aliphatic heterocycles. The van der Waals surface area contributed by atoms with E-state index in [2.05, 4.69) is 9.82 Å². The van der Waals surface area contributed by atoms with Crippen molar-refractivity contribution < 1.29 is 13.2 Å². The molecule has 0 saturated carbocycles. The zero-order valence-corrected chi connectivity index (χ0v) is 14.9. The molecular weight excluding hydrogens is 340 g/mol. The van der Waals surface area contributed by atoms with Crippen LogP contribution in [-0.4, -0.2) is 48.1 Å². The fraction of sp³-hybridized carbons (Fsp3) is 0.412. The van der Waals surface area contributed by atoms with E-state index in [0.717, 1.165) is 19.4 Å². The number of amides is 1. The van der Waals surface area contributed by atoms with Crippen molar-refractivity contribution in [1.29, 1.82) is 0 Å². The second-order valence-corrected chi connectivity index (χ2v) is 7.95. The Labute approximate surface area is 147 Å². The Morgan fingerprint density at radius 3 is 2.68 bits per heavy atom. The van der Waals surface area contributed by atoms with Gasteiger partial charge < -0.3 is 4.90 Å². The van der Waals surface area contributed by atoms with E-state index in [9.17, 15) is 13.2 Å². The van der Waals surface area contributed by atoms with Gasteiger partial charge in [-0.05, 0) is 50.1 Å². The highest BCUT2D eigenvalue weighted by atomic mass is 32.2. The Balaban J connectivity index is 1.63. The van der Waals surface area contributed by atoms with Crippen molar-refractivity contribution in [3.8, 4) is 0 Å². The molecular formula is C17H22N4O3S. The van der Waals surface area contributed by atoms with E-state index in [-0.39, 0.29) is 23.4 Å². The second-order valence-electron chi connectivity index (χ2n) is 6.18. The van der Waals surface area contributed by atoms with Crippen LogP contribution in [0.2, 0.25) is 0 Å². The van der Waals surface area contributed by atoms with E-state index >= 15 is 0 Å². The lowest BCUT2D eigenvalue weighted by atomic mass is 10.2. The van der Waals surface area contributed by atoms with Crippen molar-refractivity contribution in [1.82, 2.24) is 19.4 Å². The lowest BCUT2D eigenvalue weighted by Gasteiger charge is -2.21. The Bertz CT molecular complexity index is 816. The van der Waals surface area contributed by atoms with Gasteiger partial charge in [-0.1, -0.05) is 0 Å². The minimum absolute atomic E-state index is 0.0411. The van der Waals surface area contributed by atoms with E-state index < -0.39 is 10.0 Å². The van der Waals surface area contributed by atoms with E-state index in [1.165, 1.54) is 12.1 Å². The monoisotopic (exact) mass is 362 g/mol. The molecule has 2 heterocycles. The van der Waals surface area contributed by atoms with Gasteiger partial charge in [0.05, 0.1) is 11.4 Å². The molecule has 1 amide bonds. The number of sulfonamides is 1. The van der Waals surface area contributed by atoms with Gasteiger partial charge in [0.2, 0.25) is 10.0 Å². The van der Waals surface area contributed by atoms with Gasteiger partial charge in [0.1, 0.15) is 0 Å². The zero-order valence-electron chi connectivity index (χ0n) is 14.1. The van der Waals surface area contributed by atoms with Crippen LogP contribution in [0.3, 0.4) is 0 Å². The summed E-state index contributed by atoms with van der Waals surface area (Å²) in [6.45, 7) is 3.49. The smallest absolute Gasteiger partial charge is 0.254 e. The van der Waals surface area contributed by atoms with Crippen molar-refractivity contribution in [3.63, 3.8) is 0 Å². The Morgan fingerprint density at radius 2 is 2.08 bits per heavy atom. The van der Waals surface area contributed by atoms with Gasteiger partial charge in [0.15, 0.2) is 0 Å². The number of carbonyl (C=O) groups excluding carboxylic acids is 1. The predicted octanol–water partition coefficient (Wildman–Crippen LogP) is 1.49. The van der Waals surface area contributed by atoms with Crippen molar-refractivity contribution in [2.24, 2.45) is 0 Å². The fourth-order valence-electron chi connectivity index (χ4n) is 2.99. The second kappa shape index (κ2) is 7.37. The van der Waals surface area contributed by atoms with Crippen LogP contribution in [-0.2, 0) is 16.6 Å². The average molecular weight is 362 g/mol. The number of nitrogens with one attached hydrogen (secondary N) is 1. The van der Waals surface area contributed by atoms with Crippen molar-refractivity contribution in [2.75, 3.05) is 13.1 Å². The van der Waals surface area contributed by atoms with Crippen LogP contribution in [0.25, 0.3) is 0 Å². The highest BCUT2D eigenvalue weighted by Crippen LogP contribution is 2.20. The summed E-state index contributed by atoms with van der Waals surface area (Å²) in [4.78, 5) is 14.5. The van der Waals surface area contributed by atoms with Gasteiger partial charge in [-0.15, -0.1) is 0 Å². The minimum atomic E-state index is -3.60. The summed E-state index contributed by atoms with van der Waals surface area (Å²) >= 11 is 0. The lowest BCUT2D eigenvalue weighted by molar-refractivity contribution is 0.0747. The molecule has 0 spiro atoms. The van der Waals surface area contributed by atoms with E-state index in [0.29, 0.717) is 12.1 Å². The molecule has 1 fully saturated rings. The molecule has 0 aliphatic carbocycles. The maximum Gasteiger partial charge on any atom is 0.254 e. The lowest BCUT2D eigenvalue weighted by Crippen LogP contribution is -2.33. The largest absolute Gasteiger partial charge is 0.336 e. The highest BCUT2D eigenvalue weighted by molar-refractivity contribution is 7.89. The maximum absolute atomic E-state index is 12.5. The van der Waals surface area contributed by atoms with Crippen LogP contribution in [0.5, 0.6) is 0 Å². The molecule has 1 aliphatic rings. The van der Waals surface area contributed by atoms with Gasteiger partial charge in [0.25, 0.3) is 5.91 Å². The molecule has 1 aromatic carbocycles. The first-order chi connectivity index (χ1) is 12.0. The molecule has 1 aromatic heterocycles. The van der Waals surface area contributed by atoms with Crippen LogP contribution in [0.1, 0.15) is 30.1 Å². The quantitative estimate of drug-likeness (QED) is 0.844. The Kier molecular flexibility index (Phi) is 5.19. The summed E-state index contributed by atoms with van der Waals surface area (Å²) in [7, 11) is -3.60. The molecule has 1 atom stereocenters. The number of hydrogen-bond donors (Lipinski definition) is 1. The molecule has 0 unspecified atom stereocenters. The molecule has 0 bridgehead atoms. The van der Waals surface area contributed by atoms with Crippen molar-refractivity contribution in [2.45, 2.75) is 37.2 Å². The molecule has 2 aromatic rings. The van der Waals surface area contributed by atoms with E-state index in [1.54, 1.807) is 35.3 Å². The summed E-state index contributed by atoms with van der Waals surface area (Å²) in [5, 5.41) is 4.02. The van der Waals surface area contributed by atoms with E-state index in [4.69, 9.17) is 0 Å². The number of hydrogen-bond acceptors (Lipinski definition) is 4. The van der Waals surface area contributed by atoms with Crippen LogP contribution < -0.4 is 4.72 Å². The summed E-state index contributed by atoms with van der Waals surface area (Å²) < 4.78 is 28.8. The Morgan fingerprint density at radius 1 is 1.32 bits per heavy atom. The molecule has 134 valence electrons. The van der Waals surface area contributed by atoms with Crippen LogP contribution >= 0.6 is 0 Å². The first-order valence-corrected chi connectivity index (χ1v) is 9.84. The third-order valence-electron chi connectivity index (χ3n) is 4.42. The molecule has 0 radical (unpaired) electrons. The van der Waals surface area contributed by atoms with Crippen LogP contribution in [0, 0.1) is 0 Å². The Hall–Kier alpha value is -2.19. The molecule has 3 rings (SSSR count).